The van der Waals surface area contributed by atoms with Gasteiger partial charge in [-0.2, -0.15) is 0 Å². The number of carbonyl (C=O) groups excluding carboxylic acids is 2. The molecule has 7 heteroatoms. The lowest BCUT2D eigenvalue weighted by Gasteiger charge is -2.34. The molecular formula is C33H33N3O4. The van der Waals surface area contributed by atoms with Crippen molar-refractivity contribution in [2.45, 2.75) is 6.92 Å². The van der Waals surface area contributed by atoms with E-state index in [4.69, 9.17) is 9.47 Å². The van der Waals surface area contributed by atoms with Crippen LogP contribution in [0.2, 0.25) is 0 Å². The van der Waals surface area contributed by atoms with Gasteiger partial charge in [-0.25, -0.2) is 0 Å². The van der Waals surface area contributed by atoms with E-state index in [1.54, 1.807) is 25.2 Å². The van der Waals surface area contributed by atoms with Crippen molar-refractivity contribution in [3.05, 3.63) is 108 Å². The Morgan fingerprint density at radius 3 is 2.02 bits per heavy atom. The number of rotatable bonds is 7. The van der Waals surface area contributed by atoms with Crippen molar-refractivity contribution in [1.29, 1.82) is 0 Å². The normalized spacial score (nSPS) is 13.5. The van der Waals surface area contributed by atoms with Crippen molar-refractivity contribution in [3.63, 3.8) is 0 Å². The molecular weight excluding hydrogens is 502 g/mol. The SMILES string of the molecule is COc1ccc(-n2c(-c3ccccc3)cc(C(=O)N3CCN(C(=O)/C=C/c4ccccc4)CC3)c2C)cc1OC. The Bertz CT molecular complexity index is 1520. The van der Waals surface area contributed by atoms with Gasteiger partial charge in [0.1, 0.15) is 0 Å². The maximum atomic E-state index is 13.8. The molecule has 1 aliphatic heterocycles. The first-order valence-corrected chi connectivity index (χ1v) is 13.3. The zero-order chi connectivity index (χ0) is 28.1. The predicted molar refractivity (Wildman–Crippen MR) is 157 cm³/mol. The third-order valence-electron chi connectivity index (χ3n) is 7.27. The maximum absolute atomic E-state index is 13.8. The molecule has 0 unspecified atom stereocenters. The second-order valence-corrected chi connectivity index (χ2v) is 9.63. The summed E-state index contributed by atoms with van der Waals surface area (Å²) in [5.74, 6) is 1.17. The summed E-state index contributed by atoms with van der Waals surface area (Å²) < 4.78 is 13.1. The summed E-state index contributed by atoms with van der Waals surface area (Å²) in [6, 6.07) is 27.5. The Hall–Kier alpha value is -4.78. The highest BCUT2D eigenvalue weighted by Crippen LogP contribution is 2.34. The summed E-state index contributed by atoms with van der Waals surface area (Å²) in [4.78, 5) is 30.2. The quantitative estimate of drug-likeness (QED) is 0.295. The fourth-order valence-corrected chi connectivity index (χ4v) is 5.08. The minimum atomic E-state index is -0.0434. The van der Waals surface area contributed by atoms with E-state index >= 15 is 0 Å². The zero-order valence-corrected chi connectivity index (χ0v) is 23.0. The van der Waals surface area contributed by atoms with Gasteiger partial charge in [0, 0.05) is 49.7 Å². The molecule has 0 spiro atoms. The first kappa shape index (κ1) is 26.8. The minimum absolute atomic E-state index is 0.0409. The highest BCUT2D eigenvalue weighted by Gasteiger charge is 2.28. The molecule has 0 atom stereocenters. The van der Waals surface area contributed by atoms with Gasteiger partial charge in [-0.1, -0.05) is 60.7 Å². The molecule has 5 rings (SSSR count). The number of nitrogens with zero attached hydrogens (tertiary/aromatic N) is 3. The summed E-state index contributed by atoms with van der Waals surface area (Å²) in [6.45, 7) is 3.90. The number of benzene rings is 3. The van der Waals surface area contributed by atoms with Crippen LogP contribution in [0.4, 0.5) is 0 Å². The van der Waals surface area contributed by atoms with Crippen LogP contribution in [0.25, 0.3) is 23.0 Å². The Balaban J connectivity index is 1.39. The molecule has 2 heterocycles. The van der Waals surface area contributed by atoms with Crippen LogP contribution >= 0.6 is 0 Å². The van der Waals surface area contributed by atoms with E-state index in [0.29, 0.717) is 43.2 Å². The van der Waals surface area contributed by atoms with Crippen LogP contribution in [0.1, 0.15) is 21.6 Å². The molecule has 0 N–H and O–H groups in total. The molecule has 1 aromatic heterocycles. The van der Waals surface area contributed by atoms with Crippen LogP contribution in [-0.4, -0.2) is 66.6 Å². The zero-order valence-electron chi connectivity index (χ0n) is 23.0. The molecule has 0 radical (unpaired) electrons. The van der Waals surface area contributed by atoms with Crippen LogP contribution in [0.15, 0.2) is 91.0 Å². The van der Waals surface area contributed by atoms with Gasteiger partial charge in [0.05, 0.1) is 25.5 Å². The van der Waals surface area contributed by atoms with Crippen molar-refractivity contribution in [3.8, 4) is 28.4 Å². The van der Waals surface area contributed by atoms with E-state index in [9.17, 15) is 9.59 Å². The molecule has 3 aromatic carbocycles. The highest BCUT2D eigenvalue weighted by atomic mass is 16.5. The summed E-state index contributed by atoms with van der Waals surface area (Å²) in [7, 11) is 3.22. The summed E-state index contributed by atoms with van der Waals surface area (Å²) in [6.07, 6.45) is 3.43. The Kier molecular flexibility index (Phi) is 8.01. The van der Waals surface area contributed by atoms with E-state index in [2.05, 4.69) is 4.57 Å². The molecule has 1 aliphatic rings. The smallest absolute Gasteiger partial charge is 0.255 e. The van der Waals surface area contributed by atoms with Crippen LogP contribution < -0.4 is 9.47 Å². The Labute approximate surface area is 234 Å². The van der Waals surface area contributed by atoms with E-state index < -0.39 is 0 Å². The second-order valence-electron chi connectivity index (χ2n) is 9.63. The van der Waals surface area contributed by atoms with Crippen LogP contribution in [0.5, 0.6) is 11.5 Å². The van der Waals surface area contributed by atoms with Gasteiger partial charge in [-0.05, 0) is 42.3 Å². The van der Waals surface area contributed by atoms with Gasteiger partial charge in [0.25, 0.3) is 5.91 Å². The number of hydrogen-bond donors (Lipinski definition) is 0. The van der Waals surface area contributed by atoms with E-state index in [1.165, 1.54) is 0 Å². The number of methoxy groups -OCH3 is 2. The number of amides is 2. The van der Waals surface area contributed by atoms with Gasteiger partial charge in [-0.3, -0.25) is 9.59 Å². The van der Waals surface area contributed by atoms with Crippen molar-refractivity contribution in [1.82, 2.24) is 14.4 Å². The fraction of sp³-hybridized carbons (Fsp3) is 0.212. The molecule has 0 bridgehead atoms. The number of aromatic nitrogens is 1. The minimum Gasteiger partial charge on any atom is -0.493 e. The third kappa shape index (κ3) is 5.50. The average molecular weight is 536 g/mol. The summed E-state index contributed by atoms with van der Waals surface area (Å²) >= 11 is 0. The predicted octanol–water partition coefficient (Wildman–Crippen LogP) is 5.47. The highest BCUT2D eigenvalue weighted by molar-refractivity contribution is 5.98. The van der Waals surface area contributed by atoms with Gasteiger partial charge in [0.2, 0.25) is 5.91 Å². The molecule has 0 saturated carbocycles. The molecule has 40 heavy (non-hydrogen) atoms. The Morgan fingerprint density at radius 1 is 0.750 bits per heavy atom. The summed E-state index contributed by atoms with van der Waals surface area (Å²) in [5.41, 5.74) is 5.23. The first-order chi connectivity index (χ1) is 19.5. The van der Waals surface area contributed by atoms with Gasteiger partial charge in [-0.15, -0.1) is 0 Å². The maximum Gasteiger partial charge on any atom is 0.255 e. The topological polar surface area (TPSA) is 64.0 Å². The van der Waals surface area contributed by atoms with E-state index in [-0.39, 0.29) is 11.8 Å². The fourth-order valence-electron chi connectivity index (χ4n) is 5.08. The van der Waals surface area contributed by atoms with E-state index in [1.807, 2.05) is 103 Å². The lowest BCUT2D eigenvalue weighted by atomic mass is 10.1. The van der Waals surface area contributed by atoms with E-state index in [0.717, 1.165) is 28.2 Å². The van der Waals surface area contributed by atoms with Crippen molar-refractivity contribution in [2.24, 2.45) is 0 Å². The standard InChI is InChI=1S/C33H33N3O4/c1-24-28(33(38)35-20-18-34(19-21-35)32(37)17-14-25-10-6-4-7-11-25)23-29(26-12-8-5-9-13-26)36(24)27-15-16-30(39-2)31(22-27)40-3/h4-17,22-23H,18-21H2,1-3H3/b17-14+. The third-order valence-corrected chi connectivity index (χ3v) is 7.27. The van der Waals surface area contributed by atoms with Crippen molar-refractivity contribution >= 4 is 17.9 Å². The average Bonchev–Trinajstić information content (AvgIpc) is 3.36. The van der Waals surface area contributed by atoms with Gasteiger partial charge >= 0.3 is 0 Å². The lowest BCUT2D eigenvalue weighted by molar-refractivity contribution is -0.127. The molecule has 0 aliphatic carbocycles. The lowest BCUT2D eigenvalue weighted by Crippen LogP contribution is -2.50. The number of ether oxygens (including phenoxy) is 2. The number of hydrogen-bond acceptors (Lipinski definition) is 4. The number of carbonyl (C=O) groups is 2. The molecule has 1 fully saturated rings. The van der Waals surface area contributed by atoms with Crippen molar-refractivity contribution in [2.75, 3.05) is 40.4 Å². The Morgan fingerprint density at radius 2 is 1.38 bits per heavy atom. The van der Waals surface area contributed by atoms with Crippen molar-refractivity contribution < 1.29 is 19.1 Å². The monoisotopic (exact) mass is 535 g/mol. The largest absolute Gasteiger partial charge is 0.493 e. The first-order valence-electron chi connectivity index (χ1n) is 13.3. The van der Waals surface area contributed by atoms with Gasteiger partial charge < -0.3 is 23.8 Å². The van der Waals surface area contributed by atoms with Gasteiger partial charge in [0.15, 0.2) is 11.5 Å². The summed E-state index contributed by atoms with van der Waals surface area (Å²) in [5, 5.41) is 0. The molecule has 204 valence electrons. The van der Waals surface area contributed by atoms with Crippen LogP contribution in [0.3, 0.4) is 0 Å². The molecule has 4 aromatic rings. The molecule has 2 amide bonds. The molecule has 7 nitrogen and oxygen atoms in total. The second kappa shape index (κ2) is 11.9. The number of piperazine rings is 1. The van der Waals surface area contributed by atoms with Crippen LogP contribution in [-0.2, 0) is 4.79 Å². The molecule has 1 saturated heterocycles. The van der Waals surface area contributed by atoms with Crippen LogP contribution in [0, 0.1) is 6.92 Å².